The first-order valence-electron chi connectivity index (χ1n) is 6.84. The summed E-state index contributed by atoms with van der Waals surface area (Å²) in [5, 5.41) is 2.85. The minimum Gasteiger partial charge on any atom is -0.496 e. The summed E-state index contributed by atoms with van der Waals surface area (Å²) in [6.07, 6.45) is 5.50. The van der Waals surface area contributed by atoms with Gasteiger partial charge < -0.3 is 10.1 Å². The molecule has 2 rings (SSSR count). The Morgan fingerprint density at radius 3 is 2.68 bits per heavy atom. The molecule has 7 heteroatoms. The van der Waals surface area contributed by atoms with Crippen molar-refractivity contribution in [2.24, 2.45) is 0 Å². The van der Waals surface area contributed by atoms with Crippen molar-refractivity contribution in [1.82, 2.24) is 10.2 Å². The van der Waals surface area contributed by atoms with Crippen LogP contribution in [0.4, 0.5) is 0 Å². The molecule has 0 saturated carbocycles. The molecule has 0 aliphatic carbocycles. The van der Waals surface area contributed by atoms with Crippen molar-refractivity contribution in [2.45, 2.75) is 18.9 Å². The number of hydrogen-bond acceptors (Lipinski definition) is 3. The molecule has 1 atom stereocenters. The number of amides is 1. The molecular weight excluding hydrogens is 480 g/mol. The molecule has 1 aromatic carbocycles. The minimum absolute atomic E-state index is 0.0284. The molecule has 1 aliphatic heterocycles. The fourth-order valence-electron chi connectivity index (χ4n) is 2.42. The summed E-state index contributed by atoms with van der Waals surface area (Å²) in [6.45, 7) is 0.976. The van der Waals surface area contributed by atoms with E-state index in [0.717, 1.165) is 44.1 Å². The Hall–Kier alpha value is -0.370. The Labute approximate surface area is 155 Å². The Bertz CT molecular complexity index is 605. The molecule has 120 valence electrons. The lowest BCUT2D eigenvalue weighted by Gasteiger charge is -2.17. The highest BCUT2D eigenvalue weighted by molar-refractivity contribution is 9.14. The Morgan fingerprint density at radius 2 is 2.09 bits per heavy atom. The summed E-state index contributed by atoms with van der Waals surface area (Å²) in [4.78, 5) is 14.2. The number of halogens is 3. The maximum absolute atomic E-state index is 12.1. The van der Waals surface area contributed by atoms with E-state index in [2.05, 4.69) is 58.0 Å². The number of ether oxygens (including phenoxy) is 1. The second kappa shape index (κ2) is 7.95. The van der Waals surface area contributed by atoms with Gasteiger partial charge in [-0.3, -0.25) is 9.69 Å². The van der Waals surface area contributed by atoms with Crippen LogP contribution in [0.3, 0.4) is 0 Å². The third kappa shape index (κ3) is 3.93. The first kappa shape index (κ1) is 18.0. The molecule has 22 heavy (non-hydrogen) atoms. The number of likely N-dealkylation sites (N-methyl/N-ethyl adjacent to an activating group) is 1. The predicted octanol–water partition coefficient (Wildman–Crippen LogP) is 4.16. The molecule has 4 nitrogen and oxygen atoms in total. The molecule has 1 saturated heterocycles. The Kier molecular flexibility index (Phi) is 6.49. The summed E-state index contributed by atoms with van der Waals surface area (Å²) in [5.74, 6) is 0.757. The molecule has 0 radical (unpaired) electrons. The van der Waals surface area contributed by atoms with E-state index in [9.17, 15) is 4.79 Å². The van der Waals surface area contributed by atoms with Crippen molar-refractivity contribution in [2.75, 3.05) is 20.7 Å². The molecule has 1 aliphatic rings. The van der Waals surface area contributed by atoms with E-state index in [1.165, 1.54) is 0 Å². The van der Waals surface area contributed by atoms with Crippen molar-refractivity contribution < 1.29 is 9.53 Å². The van der Waals surface area contributed by atoms with E-state index in [-0.39, 0.29) is 11.9 Å². The normalized spacial score (nSPS) is 18.9. The summed E-state index contributed by atoms with van der Waals surface area (Å²) in [5.41, 5.74) is 0.909. The van der Waals surface area contributed by atoms with Crippen LogP contribution in [0.25, 0.3) is 6.08 Å². The van der Waals surface area contributed by atoms with Gasteiger partial charge in [-0.25, -0.2) is 0 Å². The van der Waals surface area contributed by atoms with Gasteiger partial charge in [-0.05, 0) is 91.9 Å². The molecule has 0 spiro atoms. The highest BCUT2D eigenvalue weighted by Crippen LogP contribution is 2.40. The van der Waals surface area contributed by atoms with Crippen molar-refractivity contribution in [3.8, 4) is 5.75 Å². The Morgan fingerprint density at radius 1 is 1.36 bits per heavy atom. The molecule has 1 fully saturated rings. The summed E-state index contributed by atoms with van der Waals surface area (Å²) < 4.78 is 7.92. The lowest BCUT2D eigenvalue weighted by atomic mass is 10.2. The maximum Gasteiger partial charge on any atom is 0.241 e. The second-order valence-corrected chi connectivity index (χ2v) is 7.47. The summed E-state index contributed by atoms with van der Waals surface area (Å²) in [7, 11) is 3.60. The van der Waals surface area contributed by atoms with E-state index in [1.54, 1.807) is 13.3 Å². The maximum atomic E-state index is 12.1. The monoisotopic (exact) mass is 494 g/mol. The van der Waals surface area contributed by atoms with E-state index >= 15 is 0 Å². The molecule has 1 aromatic rings. The highest BCUT2D eigenvalue weighted by Gasteiger charge is 2.26. The van der Waals surface area contributed by atoms with Gasteiger partial charge in [-0.2, -0.15) is 0 Å². The topological polar surface area (TPSA) is 41.6 Å². The van der Waals surface area contributed by atoms with Crippen molar-refractivity contribution in [1.29, 1.82) is 0 Å². The summed E-state index contributed by atoms with van der Waals surface area (Å²) >= 11 is 10.5. The average Bonchev–Trinajstić information content (AvgIpc) is 2.93. The van der Waals surface area contributed by atoms with Crippen LogP contribution in [0, 0.1) is 0 Å². The van der Waals surface area contributed by atoms with Crippen molar-refractivity contribution in [3.63, 3.8) is 0 Å². The largest absolute Gasteiger partial charge is 0.496 e. The first-order valence-corrected chi connectivity index (χ1v) is 9.22. The smallest absolute Gasteiger partial charge is 0.241 e. The molecule has 0 unspecified atom stereocenters. The third-order valence-electron chi connectivity index (χ3n) is 3.67. The fraction of sp³-hybridized carbons (Fsp3) is 0.400. The van der Waals surface area contributed by atoms with E-state index in [0.29, 0.717) is 0 Å². The molecule has 0 aromatic heterocycles. The van der Waals surface area contributed by atoms with Gasteiger partial charge in [0, 0.05) is 10.7 Å². The number of nitrogens with one attached hydrogen (secondary N) is 1. The van der Waals surface area contributed by atoms with Crippen LogP contribution in [0.15, 0.2) is 25.7 Å². The molecule has 1 heterocycles. The van der Waals surface area contributed by atoms with Gasteiger partial charge in [0.25, 0.3) is 0 Å². The van der Waals surface area contributed by atoms with Gasteiger partial charge in [0.2, 0.25) is 5.91 Å². The zero-order valence-electron chi connectivity index (χ0n) is 12.3. The number of rotatable bonds is 4. The summed E-state index contributed by atoms with van der Waals surface area (Å²) in [6, 6.07) is 1.86. The number of carbonyl (C=O) groups excluding carboxylic acids is 1. The standard InChI is InChI=1S/C15H17Br3N2O2/c1-20-7-3-4-10(20)15(21)19-6-5-9-8-11(22-2)13(17)14(18)12(9)16/h5-6,8,10H,3-4,7H2,1-2H3,(H,19,21)/b6-5+/t10-/m0/s1. The second-order valence-electron chi connectivity index (χ2n) is 5.09. The minimum atomic E-state index is -0.0284. The highest BCUT2D eigenvalue weighted by atomic mass is 79.9. The number of methoxy groups -OCH3 is 1. The van der Waals surface area contributed by atoms with Crippen LogP contribution in [0.2, 0.25) is 0 Å². The van der Waals surface area contributed by atoms with E-state index in [4.69, 9.17) is 4.74 Å². The quantitative estimate of drug-likeness (QED) is 0.636. The molecular formula is C15H17Br3N2O2. The molecule has 0 bridgehead atoms. The van der Waals surface area contributed by atoms with Crippen LogP contribution < -0.4 is 10.1 Å². The predicted molar refractivity (Wildman–Crippen MR) is 98.9 cm³/mol. The van der Waals surface area contributed by atoms with Gasteiger partial charge in [0.15, 0.2) is 0 Å². The van der Waals surface area contributed by atoms with Crippen LogP contribution in [0.1, 0.15) is 18.4 Å². The molecule has 1 N–H and O–H groups in total. The van der Waals surface area contributed by atoms with Crippen LogP contribution >= 0.6 is 47.8 Å². The lowest BCUT2D eigenvalue weighted by Crippen LogP contribution is -2.39. The number of carbonyl (C=O) groups is 1. The lowest BCUT2D eigenvalue weighted by molar-refractivity contribution is -0.124. The van der Waals surface area contributed by atoms with Crippen LogP contribution in [0.5, 0.6) is 5.75 Å². The number of hydrogen-bond donors (Lipinski definition) is 1. The fourth-order valence-corrected chi connectivity index (χ4v) is 4.03. The Balaban J connectivity index is 2.10. The number of nitrogens with zero attached hydrogens (tertiary/aromatic N) is 1. The van der Waals surface area contributed by atoms with Crippen molar-refractivity contribution in [3.05, 3.63) is 31.2 Å². The van der Waals surface area contributed by atoms with Crippen LogP contribution in [-0.2, 0) is 4.79 Å². The van der Waals surface area contributed by atoms with Gasteiger partial charge in [-0.1, -0.05) is 0 Å². The van der Waals surface area contributed by atoms with Crippen LogP contribution in [-0.4, -0.2) is 37.6 Å². The zero-order chi connectivity index (χ0) is 16.3. The number of likely N-dealkylation sites (tertiary alicyclic amines) is 1. The van der Waals surface area contributed by atoms with E-state index in [1.807, 2.05) is 19.2 Å². The zero-order valence-corrected chi connectivity index (χ0v) is 17.1. The van der Waals surface area contributed by atoms with Crippen molar-refractivity contribution >= 4 is 59.8 Å². The molecule has 1 amide bonds. The van der Waals surface area contributed by atoms with Gasteiger partial charge in [-0.15, -0.1) is 0 Å². The number of benzene rings is 1. The average molecular weight is 497 g/mol. The van der Waals surface area contributed by atoms with Gasteiger partial charge in [0.05, 0.1) is 22.1 Å². The van der Waals surface area contributed by atoms with E-state index < -0.39 is 0 Å². The first-order chi connectivity index (χ1) is 10.5. The third-order valence-corrected chi connectivity index (χ3v) is 7.17. The van der Waals surface area contributed by atoms with Gasteiger partial charge in [0.1, 0.15) is 5.75 Å². The SMILES string of the molecule is COc1cc(/C=C/NC(=O)[C@@H]2CCCN2C)c(Br)c(Br)c1Br. The van der Waals surface area contributed by atoms with Gasteiger partial charge >= 0.3 is 0 Å².